The van der Waals surface area contributed by atoms with E-state index < -0.39 is 84.7 Å². The minimum absolute atomic E-state index is 0.169. The lowest BCUT2D eigenvalue weighted by atomic mass is 10.1. The largest absolute Gasteiger partial charge is 0.481 e. The number of imidazole rings is 1. The summed E-state index contributed by atoms with van der Waals surface area (Å²) in [5.74, 6) is -6.17. The first-order valence-corrected chi connectivity index (χ1v) is 11.3. The number of carbonyl (C=O) groups is 6. The number of aliphatic hydroxyl groups excluding tert-OH is 1. The fourth-order valence-corrected chi connectivity index (χ4v) is 2.98. The van der Waals surface area contributed by atoms with Gasteiger partial charge in [-0.1, -0.05) is 0 Å². The summed E-state index contributed by atoms with van der Waals surface area (Å²) in [5.41, 5.74) is 5.84. The molecule has 1 rings (SSSR count). The fraction of sp³-hybridized carbons (Fsp3) is 0.571. The molecule has 0 bridgehead atoms. The molecule has 1 heterocycles. The predicted octanol–water partition coefficient (Wildman–Crippen LogP) is -3.41. The van der Waals surface area contributed by atoms with Gasteiger partial charge in [0.25, 0.3) is 0 Å². The van der Waals surface area contributed by atoms with E-state index in [-0.39, 0.29) is 6.42 Å². The number of aromatic nitrogens is 2. The van der Waals surface area contributed by atoms with Crippen molar-refractivity contribution in [2.45, 2.75) is 76.3 Å². The number of amides is 4. The van der Waals surface area contributed by atoms with Crippen molar-refractivity contribution in [2.24, 2.45) is 5.73 Å². The summed E-state index contributed by atoms with van der Waals surface area (Å²) in [5, 5.41) is 37.6. The van der Waals surface area contributed by atoms with Crippen LogP contribution in [0.25, 0.3) is 0 Å². The molecule has 0 aliphatic heterocycles. The number of hydrogen-bond acceptors (Lipinski definition) is 9. The number of aliphatic carboxylic acids is 2. The molecule has 0 radical (unpaired) electrons. The van der Waals surface area contributed by atoms with Gasteiger partial charge in [-0.2, -0.15) is 0 Å². The van der Waals surface area contributed by atoms with E-state index in [9.17, 15) is 39.0 Å². The molecule has 0 aliphatic rings. The molecule has 0 aromatic carbocycles. The Kier molecular flexibility index (Phi) is 12.1. The standard InChI is InChI=1S/C21H33N7O9/c1-9(22)17(32)25-10(2)18(33)28-16(11(3)29)20(35)26-13(4-5-15(30)31)19(34)27-14(21(36)37)6-12-7-23-8-24-12/h7-11,13-14,16,29H,4-6,22H2,1-3H3,(H,23,24)(H,25,32)(H,26,35)(H,27,34)(H,28,33)(H,30,31)(H,36,37)/t9-,10-,11+,13-,14-,16-/m0/s1. The molecule has 16 nitrogen and oxygen atoms in total. The minimum Gasteiger partial charge on any atom is -0.481 e. The van der Waals surface area contributed by atoms with Gasteiger partial charge in [-0.05, 0) is 27.2 Å². The summed E-state index contributed by atoms with van der Waals surface area (Å²) in [4.78, 5) is 79.0. The highest BCUT2D eigenvalue weighted by atomic mass is 16.4. The van der Waals surface area contributed by atoms with Crippen LogP contribution in [-0.4, -0.2) is 97.2 Å². The van der Waals surface area contributed by atoms with Crippen LogP contribution in [0.15, 0.2) is 12.5 Å². The van der Waals surface area contributed by atoms with Gasteiger partial charge < -0.3 is 47.3 Å². The molecule has 0 fully saturated rings. The van der Waals surface area contributed by atoms with Gasteiger partial charge in [-0.15, -0.1) is 0 Å². The number of aromatic amines is 1. The number of aliphatic hydroxyl groups is 1. The summed E-state index contributed by atoms with van der Waals surface area (Å²) in [7, 11) is 0. The number of H-pyrrole nitrogens is 1. The maximum Gasteiger partial charge on any atom is 0.326 e. The average Bonchev–Trinajstić information content (AvgIpc) is 3.31. The molecule has 0 saturated carbocycles. The molecular weight excluding hydrogens is 494 g/mol. The smallest absolute Gasteiger partial charge is 0.326 e. The molecule has 10 N–H and O–H groups in total. The van der Waals surface area contributed by atoms with Crippen LogP contribution >= 0.6 is 0 Å². The van der Waals surface area contributed by atoms with Crippen molar-refractivity contribution < 1.29 is 44.1 Å². The molecule has 0 saturated heterocycles. The number of carboxylic acid groups (broad SMARTS) is 2. The zero-order valence-electron chi connectivity index (χ0n) is 20.6. The molecule has 6 atom stereocenters. The van der Waals surface area contributed by atoms with Crippen molar-refractivity contribution in [3.63, 3.8) is 0 Å². The highest BCUT2D eigenvalue weighted by Crippen LogP contribution is 2.05. The van der Waals surface area contributed by atoms with Crippen LogP contribution in [0.3, 0.4) is 0 Å². The Bertz CT molecular complexity index is 966. The van der Waals surface area contributed by atoms with Gasteiger partial charge >= 0.3 is 11.9 Å². The maximum atomic E-state index is 12.9. The van der Waals surface area contributed by atoms with E-state index in [1.807, 2.05) is 0 Å². The van der Waals surface area contributed by atoms with Gasteiger partial charge in [0.1, 0.15) is 24.2 Å². The van der Waals surface area contributed by atoms with Crippen LogP contribution in [0.2, 0.25) is 0 Å². The fourth-order valence-electron chi connectivity index (χ4n) is 2.98. The first-order chi connectivity index (χ1) is 17.2. The Morgan fingerprint density at radius 3 is 2.03 bits per heavy atom. The second-order valence-corrected chi connectivity index (χ2v) is 8.42. The number of nitrogens with zero attached hydrogens (tertiary/aromatic N) is 1. The second kappa shape index (κ2) is 14.5. The molecule has 4 amide bonds. The van der Waals surface area contributed by atoms with Gasteiger partial charge in [0, 0.05) is 24.7 Å². The van der Waals surface area contributed by atoms with E-state index in [2.05, 4.69) is 31.2 Å². The Morgan fingerprint density at radius 2 is 1.54 bits per heavy atom. The van der Waals surface area contributed by atoms with Crippen molar-refractivity contribution in [1.29, 1.82) is 0 Å². The molecular formula is C21H33N7O9. The Labute approximate surface area is 211 Å². The van der Waals surface area contributed by atoms with Crippen molar-refractivity contribution in [3.8, 4) is 0 Å². The number of hydrogen-bond donors (Lipinski definition) is 9. The van der Waals surface area contributed by atoms with E-state index >= 15 is 0 Å². The molecule has 0 aliphatic carbocycles. The lowest BCUT2D eigenvalue weighted by Crippen LogP contribution is -2.60. The van der Waals surface area contributed by atoms with Crippen molar-refractivity contribution >= 4 is 35.6 Å². The Hall–Kier alpha value is -4.05. The van der Waals surface area contributed by atoms with E-state index in [0.717, 1.165) is 0 Å². The number of nitrogens with two attached hydrogens (primary N) is 1. The predicted molar refractivity (Wildman–Crippen MR) is 126 cm³/mol. The molecule has 16 heteroatoms. The average molecular weight is 528 g/mol. The van der Waals surface area contributed by atoms with E-state index in [0.29, 0.717) is 5.69 Å². The molecule has 0 spiro atoms. The number of carboxylic acids is 2. The van der Waals surface area contributed by atoms with Crippen molar-refractivity contribution in [3.05, 3.63) is 18.2 Å². The van der Waals surface area contributed by atoms with Crippen molar-refractivity contribution in [2.75, 3.05) is 0 Å². The van der Waals surface area contributed by atoms with Gasteiger partial charge in [-0.3, -0.25) is 24.0 Å². The Morgan fingerprint density at radius 1 is 0.919 bits per heavy atom. The van der Waals surface area contributed by atoms with E-state index in [1.165, 1.54) is 33.3 Å². The summed E-state index contributed by atoms with van der Waals surface area (Å²) >= 11 is 0. The summed E-state index contributed by atoms with van der Waals surface area (Å²) < 4.78 is 0. The second-order valence-electron chi connectivity index (χ2n) is 8.42. The quantitative estimate of drug-likeness (QED) is 0.108. The number of rotatable bonds is 15. The summed E-state index contributed by atoms with van der Waals surface area (Å²) in [6.45, 7) is 3.91. The van der Waals surface area contributed by atoms with Gasteiger partial charge in [0.05, 0.1) is 18.5 Å². The van der Waals surface area contributed by atoms with Gasteiger partial charge in [-0.25, -0.2) is 9.78 Å². The molecule has 1 aromatic heterocycles. The zero-order valence-corrected chi connectivity index (χ0v) is 20.6. The monoisotopic (exact) mass is 527 g/mol. The molecule has 0 unspecified atom stereocenters. The van der Waals surface area contributed by atoms with Gasteiger partial charge in [0.15, 0.2) is 0 Å². The summed E-state index contributed by atoms with van der Waals surface area (Å²) in [6.07, 6.45) is 0.0833. The third kappa shape index (κ3) is 10.6. The normalized spacial score (nSPS) is 15.7. The SMILES string of the molecule is C[C@H](N)C(=O)N[C@@H](C)C(=O)N[C@H](C(=O)N[C@@H](CCC(=O)O)C(=O)N[C@@H](Cc1cnc[nH]1)C(=O)O)[C@@H](C)O. The van der Waals surface area contributed by atoms with Crippen LogP contribution in [0.5, 0.6) is 0 Å². The van der Waals surface area contributed by atoms with Crippen LogP contribution in [0.4, 0.5) is 0 Å². The first kappa shape index (κ1) is 31.0. The molecule has 206 valence electrons. The third-order valence-corrected chi connectivity index (χ3v) is 5.10. The lowest BCUT2D eigenvalue weighted by molar-refractivity contribution is -0.143. The van der Waals surface area contributed by atoms with Crippen LogP contribution in [0, 0.1) is 0 Å². The Balaban J connectivity index is 2.98. The van der Waals surface area contributed by atoms with Crippen LogP contribution in [0.1, 0.15) is 39.3 Å². The lowest BCUT2D eigenvalue weighted by Gasteiger charge is -2.26. The first-order valence-electron chi connectivity index (χ1n) is 11.3. The number of nitrogens with one attached hydrogen (secondary N) is 5. The number of carbonyl (C=O) groups excluding carboxylic acids is 4. The van der Waals surface area contributed by atoms with E-state index in [1.54, 1.807) is 0 Å². The topological polar surface area (TPSA) is 266 Å². The zero-order chi connectivity index (χ0) is 28.3. The highest BCUT2D eigenvalue weighted by molar-refractivity contribution is 5.95. The van der Waals surface area contributed by atoms with Gasteiger partial charge in [0.2, 0.25) is 23.6 Å². The van der Waals surface area contributed by atoms with Crippen LogP contribution < -0.4 is 27.0 Å². The minimum atomic E-state index is -1.59. The van der Waals surface area contributed by atoms with E-state index in [4.69, 9.17) is 10.8 Å². The maximum absolute atomic E-state index is 12.9. The van der Waals surface area contributed by atoms with Crippen molar-refractivity contribution in [1.82, 2.24) is 31.2 Å². The highest BCUT2D eigenvalue weighted by Gasteiger charge is 2.33. The third-order valence-electron chi connectivity index (χ3n) is 5.10. The molecule has 37 heavy (non-hydrogen) atoms. The van der Waals surface area contributed by atoms with Crippen LogP contribution in [-0.2, 0) is 35.2 Å². The molecule has 1 aromatic rings. The summed E-state index contributed by atoms with van der Waals surface area (Å²) in [6, 6.07) is -6.57.